The van der Waals surface area contributed by atoms with Crippen LogP contribution in [-0.2, 0) is 10.0 Å². The van der Waals surface area contributed by atoms with E-state index in [0.717, 1.165) is 10.4 Å². The summed E-state index contributed by atoms with van der Waals surface area (Å²) in [6.07, 6.45) is 0. The van der Waals surface area contributed by atoms with Crippen molar-refractivity contribution in [3.8, 4) is 5.75 Å². The van der Waals surface area contributed by atoms with Gasteiger partial charge in [0.1, 0.15) is 10.6 Å². The van der Waals surface area contributed by atoms with Gasteiger partial charge in [-0.25, -0.2) is 13.1 Å². The smallest absolute Gasteiger partial charge is 0.244 e. The van der Waals surface area contributed by atoms with E-state index in [1.54, 1.807) is 19.9 Å². The Morgan fingerprint density at radius 2 is 2.10 bits per heavy atom. The van der Waals surface area contributed by atoms with Crippen LogP contribution in [0, 0.1) is 6.92 Å². The Morgan fingerprint density at radius 1 is 1.38 bits per heavy atom. The van der Waals surface area contributed by atoms with E-state index >= 15 is 0 Å². The van der Waals surface area contributed by atoms with Crippen molar-refractivity contribution < 1.29 is 13.2 Å². The normalized spacial score (nSPS) is 13.1. The van der Waals surface area contributed by atoms with Gasteiger partial charge < -0.3 is 10.5 Å². The van der Waals surface area contributed by atoms with E-state index in [-0.39, 0.29) is 16.7 Å². The molecule has 5 nitrogen and oxygen atoms in total. The molecule has 1 unspecified atom stereocenters. The van der Waals surface area contributed by atoms with Gasteiger partial charge >= 0.3 is 0 Å². The average Bonchev–Trinajstić information content (AvgIpc) is 2.94. The number of thiophene rings is 1. The number of ether oxygens (including phenoxy) is 1. The van der Waals surface area contributed by atoms with Crippen LogP contribution in [0.5, 0.6) is 5.75 Å². The second-order valence-corrected chi connectivity index (χ2v) is 7.38. The second kappa shape index (κ2) is 6.05. The van der Waals surface area contributed by atoms with E-state index in [1.807, 2.05) is 17.5 Å². The van der Waals surface area contributed by atoms with Gasteiger partial charge in [0.25, 0.3) is 0 Å². The first kappa shape index (κ1) is 15.8. The lowest BCUT2D eigenvalue weighted by molar-refractivity contribution is 0.402. The number of nitrogens with two attached hydrogens (primary N) is 1. The maximum atomic E-state index is 12.5. The fourth-order valence-corrected chi connectivity index (χ4v) is 4.16. The topological polar surface area (TPSA) is 81.4 Å². The first-order valence-electron chi connectivity index (χ1n) is 6.35. The van der Waals surface area contributed by atoms with E-state index in [9.17, 15) is 8.42 Å². The van der Waals surface area contributed by atoms with Crippen LogP contribution in [-0.4, -0.2) is 15.5 Å². The molecule has 0 fully saturated rings. The van der Waals surface area contributed by atoms with Gasteiger partial charge in [0.15, 0.2) is 0 Å². The standard InChI is InChI=1S/C14H18N2O3S2/c1-9-7-12(19-3)14(8-11(9)15)21(17,18)16-10(2)13-5-4-6-20-13/h4-8,10,16H,15H2,1-3H3. The van der Waals surface area contributed by atoms with Crippen molar-refractivity contribution >= 4 is 27.0 Å². The molecular weight excluding hydrogens is 308 g/mol. The number of hydrogen-bond acceptors (Lipinski definition) is 5. The van der Waals surface area contributed by atoms with Crippen LogP contribution in [0.1, 0.15) is 23.4 Å². The number of hydrogen-bond donors (Lipinski definition) is 2. The zero-order valence-electron chi connectivity index (χ0n) is 12.1. The lowest BCUT2D eigenvalue weighted by Crippen LogP contribution is -2.27. The highest BCUT2D eigenvalue weighted by molar-refractivity contribution is 7.89. The van der Waals surface area contributed by atoms with Crippen LogP contribution < -0.4 is 15.2 Å². The van der Waals surface area contributed by atoms with Crippen LogP contribution in [0.4, 0.5) is 5.69 Å². The van der Waals surface area contributed by atoms with Crippen molar-refractivity contribution in [3.63, 3.8) is 0 Å². The zero-order chi connectivity index (χ0) is 15.6. The molecule has 2 rings (SSSR count). The molecule has 0 radical (unpaired) electrons. The molecule has 1 atom stereocenters. The average molecular weight is 326 g/mol. The summed E-state index contributed by atoms with van der Waals surface area (Å²) in [4.78, 5) is 0.995. The molecule has 0 spiro atoms. The Hall–Kier alpha value is -1.57. The number of anilines is 1. The lowest BCUT2D eigenvalue weighted by atomic mass is 10.2. The van der Waals surface area contributed by atoms with Gasteiger partial charge in [-0.15, -0.1) is 11.3 Å². The zero-order valence-corrected chi connectivity index (χ0v) is 13.7. The minimum absolute atomic E-state index is 0.0523. The van der Waals surface area contributed by atoms with Gasteiger partial charge in [-0.3, -0.25) is 0 Å². The molecule has 114 valence electrons. The van der Waals surface area contributed by atoms with Crippen molar-refractivity contribution in [2.75, 3.05) is 12.8 Å². The molecule has 0 aliphatic carbocycles. The van der Waals surface area contributed by atoms with E-state index in [4.69, 9.17) is 10.5 Å². The number of rotatable bonds is 5. The molecule has 1 aromatic carbocycles. The molecular formula is C14H18N2O3S2. The van der Waals surface area contributed by atoms with Gasteiger partial charge in [-0.05, 0) is 43.0 Å². The lowest BCUT2D eigenvalue weighted by Gasteiger charge is -2.16. The van der Waals surface area contributed by atoms with Crippen LogP contribution in [0.2, 0.25) is 0 Å². The van der Waals surface area contributed by atoms with Crippen molar-refractivity contribution in [1.29, 1.82) is 0 Å². The van der Waals surface area contributed by atoms with Crippen LogP contribution >= 0.6 is 11.3 Å². The Labute approximate surface area is 128 Å². The minimum atomic E-state index is -3.72. The first-order valence-corrected chi connectivity index (χ1v) is 8.71. The molecule has 0 bridgehead atoms. The van der Waals surface area contributed by atoms with E-state index in [1.165, 1.54) is 24.5 Å². The van der Waals surface area contributed by atoms with Gasteiger partial charge in [-0.2, -0.15) is 0 Å². The number of nitrogen functional groups attached to an aromatic ring is 1. The highest BCUT2D eigenvalue weighted by Crippen LogP contribution is 2.30. The second-order valence-electron chi connectivity index (χ2n) is 4.72. The maximum absolute atomic E-state index is 12.5. The summed E-state index contributed by atoms with van der Waals surface area (Å²) in [5.74, 6) is 0.285. The number of sulfonamides is 1. The van der Waals surface area contributed by atoms with E-state index < -0.39 is 10.0 Å². The Bertz CT molecular complexity index is 725. The molecule has 2 aromatic rings. The number of nitrogens with one attached hydrogen (secondary N) is 1. The van der Waals surface area contributed by atoms with E-state index in [2.05, 4.69) is 4.72 Å². The molecule has 1 aromatic heterocycles. The molecule has 21 heavy (non-hydrogen) atoms. The van der Waals surface area contributed by atoms with Crippen LogP contribution in [0.3, 0.4) is 0 Å². The largest absolute Gasteiger partial charge is 0.495 e. The summed E-state index contributed by atoms with van der Waals surface area (Å²) in [6.45, 7) is 3.60. The third kappa shape index (κ3) is 3.37. The van der Waals surface area contributed by atoms with Gasteiger partial charge in [0, 0.05) is 10.6 Å². The Balaban J connectivity index is 2.38. The highest BCUT2D eigenvalue weighted by Gasteiger charge is 2.23. The summed E-state index contributed by atoms with van der Waals surface area (Å²) in [5.41, 5.74) is 7.01. The maximum Gasteiger partial charge on any atom is 0.244 e. The summed E-state index contributed by atoms with van der Waals surface area (Å²) in [6, 6.07) is 6.51. The summed E-state index contributed by atoms with van der Waals surface area (Å²) < 4.78 is 32.9. The van der Waals surface area contributed by atoms with Crippen LogP contribution in [0.15, 0.2) is 34.5 Å². The quantitative estimate of drug-likeness (QED) is 0.828. The monoisotopic (exact) mass is 326 g/mol. The highest BCUT2D eigenvalue weighted by atomic mass is 32.2. The van der Waals surface area contributed by atoms with Crippen molar-refractivity contribution in [3.05, 3.63) is 40.1 Å². The molecule has 1 heterocycles. The van der Waals surface area contributed by atoms with Gasteiger partial charge in [0.2, 0.25) is 10.0 Å². The van der Waals surface area contributed by atoms with Crippen LogP contribution in [0.25, 0.3) is 0 Å². The van der Waals surface area contributed by atoms with Crippen molar-refractivity contribution in [2.45, 2.75) is 24.8 Å². The predicted molar refractivity (Wildman–Crippen MR) is 85.2 cm³/mol. The molecule has 0 saturated heterocycles. The third-order valence-corrected chi connectivity index (χ3v) is 5.76. The fraction of sp³-hybridized carbons (Fsp3) is 0.286. The minimum Gasteiger partial charge on any atom is -0.495 e. The summed E-state index contributed by atoms with van der Waals surface area (Å²) >= 11 is 1.50. The van der Waals surface area contributed by atoms with E-state index in [0.29, 0.717) is 5.69 Å². The first-order chi connectivity index (χ1) is 9.85. The van der Waals surface area contributed by atoms with Crippen molar-refractivity contribution in [2.24, 2.45) is 0 Å². The third-order valence-electron chi connectivity index (χ3n) is 3.14. The molecule has 0 amide bonds. The number of benzene rings is 1. The SMILES string of the molecule is COc1cc(C)c(N)cc1S(=O)(=O)NC(C)c1cccs1. The van der Waals surface area contributed by atoms with Gasteiger partial charge in [-0.1, -0.05) is 6.07 Å². The summed E-state index contributed by atoms with van der Waals surface area (Å²) in [7, 11) is -2.28. The Morgan fingerprint density at radius 3 is 2.67 bits per heavy atom. The molecule has 7 heteroatoms. The molecule has 0 saturated carbocycles. The predicted octanol–water partition coefficient (Wildman–Crippen LogP) is 2.69. The molecule has 0 aliphatic heterocycles. The van der Waals surface area contributed by atoms with Crippen molar-refractivity contribution in [1.82, 2.24) is 4.72 Å². The number of methoxy groups -OCH3 is 1. The fourth-order valence-electron chi connectivity index (χ4n) is 1.94. The number of aryl methyl sites for hydroxylation is 1. The summed E-state index contributed by atoms with van der Waals surface area (Å²) in [5, 5.41) is 1.91. The molecule has 0 aliphatic rings. The van der Waals surface area contributed by atoms with Gasteiger partial charge in [0.05, 0.1) is 13.2 Å². The molecule has 3 N–H and O–H groups in total. The Kier molecular flexibility index (Phi) is 4.55.